The van der Waals surface area contributed by atoms with Gasteiger partial charge in [0.2, 0.25) is 0 Å². The monoisotopic (exact) mass is 375 g/mol. The van der Waals surface area contributed by atoms with Crippen molar-refractivity contribution < 1.29 is 4.79 Å². The minimum atomic E-state index is -0.452. The Labute approximate surface area is 164 Å². The minimum Gasteiger partial charge on any atom is -0.366 e. The average molecular weight is 375 g/mol. The van der Waals surface area contributed by atoms with Gasteiger partial charge in [-0.25, -0.2) is 4.68 Å². The first-order chi connectivity index (χ1) is 13.6. The number of carbonyl (C=O) groups excluding carboxylic acids is 1. The van der Waals surface area contributed by atoms with Gasteiger partial charge in [0, 0.05) is 43.2 Å². The number of carbonyl (C=O) groups is 1. The molecule has 1 spiro atoms. The fourth-order valence-corrected chi connectivity index (χ4v) is 4.70. The molecular formula is C22H25N5O. The summed E-state index contributed by atoms with van der Waals surface area (Å²) in [5.41, 5.74) is 9.38. The molecule has 6 heteroatoms. The van der Waals surface area contributed by atoms with Crippen molar-refractivity contribution in [3.8, 4) is 5.69 Å². The number of piperidine rings is 1. The molecular weight excluding hydrogens is 350 g/mol. The largest absolute Gasteiger partial charge is 0.366 e. The molecule has 2 saturated heterocycles. The van der Waals surface area contributed by atoms with E-state index in [9.17, 15) is 4.79 Å². The molecule has 0 saturated carbocycles. The number of nitrogens with two attached hydrogens (primary N) is 1. The summed E-state index contributed by atoms with van der Waals surface area (Å²) >= 11 is 0. The Kier molecular flexibility index (Phi) is 4.18. The van der Waals surface area contributed by atoms with Crippen molar-refractivity contribution in [1.82, 2.24) is 20.0 Å². The Morgan fingerprint density at radius 1 is 1.18 bits per heavy atom. The van der Waals surface area contributed by atoms with Crippen molar-refractivity contribution in [1.29, 1.82) is 0 Å². The van der Waals surface area contributed by atoms with E-state index in [4.69, 9.17) is 5.73 Å². The van der Waals surface area contributed by atoms with Crippen LogP contribution in [0.4, 0.5) is 0 Å². The van der Waals surface area contributed by atoms with Gasteiger partial charge in [-0.15, -0.1) is 0 Å². The van der Waals surface area contributed by atoms with Crippen LogP contribution in [0.25, 0.3) is 16.6 Å². The van der Waals surface area contributed by atoms with Gasteiger partial charge in [0.05, 0.1) is 11.3 Å². The summed E-state index contributed by atoms with van der Waals surface area (Å²) in [7, 11) is 0. The number of amides is 1. The number of benzene rings is 2. The lowest BCUT2D eigenvalue weighted by molar-refractivity contribution is -0.0229. The lowest BCUT2D eigenvalue weighted by atomic mass is 9.74. The fourth-order valence-electron chi connectivity index (χ4n) is 4.70. The molecule has 0 atom stereocenters. The quantitative estimate of drug-likeness (QED) is 0.734. The normalized spacial score (nSPS) is 19.0. The smallest absolute Gasteiger partial charge is 0.250 e. The zero-order valence-corrected chi connectivity index (χ0v) is 15.9. The first-order valence-corrected chi connectivity index (χ1v) is 9.93. The zero-order chi connectivity index (χ0) is 19.1. The number of aromatic nitrogens is 2. The van der Waals surface area contributed by atoms with Crippen LogP contribution in [-0.4, -0.2) is 46.8 Å². The maximum absolute atomic E-state index is 11.6. The highest BCUT2D eigenvalue weighted by molar-refractivity contribution is 6.04. The van der Waals surface area contributed by atoms with Crippen LogP contribution >= 0.6 is 0 Å². The van der Waals surface area contributed by atoms with Gasteiger partial charge in [0.25, 0.3) is 5.91 Å². The summed E-state index contributed by atoms with van der Waals surface area (Å²) in [6.07, 6.45) is 4.60. The fraction of sp³-hybridized carbons (Fsp3) is 0.364. The lowest BCUT2D eigenvalue weighted by Gasteiger charge is -2.52. The molecule has 0 radical (unpaired) electrons. The Bertz CT molecular complexity index is 1010. The van der Waals surface area contributed by atoms with Crippen molar-refractivity contribution >= 4 is 16.8 Å². The summed E-state index contributed by atoms with van der Waals surface area (Å²) in [5.74, 6) is -0.452. The first kappa shape index (κ1) is 17.4. The van der Waals surface area contributed by atoms with E-state index >= 15 is 0 Å². The predicted octanol–water partition coefficient (Wildman–Crippen LogP) is 2.31. The van der Waals surface area contributed by atoms with Crippen LogP contribution in [-0.2, 0) is 6.54 Å². The predicted molar refractivity (Wildman–Crippen MR) is 109 cm³/mol. The van der Waals surface area contributed by atoms with E-state index in [1.807, 2.05) is 23.0 Å². The molecule has 1 aromatic heterocycles. The second kappa shape index (κ2) is 6.72. The van der Waals surface area contributed by atoms with Crippen molar-refractivity contribution in [3.63, 3.8) is 0 Å². The molecule has 2 aliphatic rings. The highest BCUT2D eigenvalue weighted by Crippen LogP contribution is 2.37. The van der Waals surface area contributed by atoms with E-state index in [0.29, 0.717) is 16.5 Å². The molecule has 2 aromatic carbocycles. The summed E-state index contributed by atoms with van der Waals surface area (Å²) in [4.78, 5) is 14.1. The van der Waals surface area contributed by atoms with Crippen LogP contribution in [0.2, 0.25) is 0 Å². The van der Waals surface area contributed by atoms with E-state index in [1.54, 1.807) is 6.07 Å². The van der Waals surface area contributed by atoms with Gasteiger partial charge in [-0.3, -0.25) is 9.69 Å². The molecule has 144 valence electrons. The molecule has 3 N–H and O–H groups in total. The van der Waals surface area contributed by atoms with E-state index in [2.05, 4.69) is 39.6 Å². The molecule has 0 bridgehead atoms. The maximum Gasteiger partial charge on any atom is 0.250 e. The Morgan fingerprint density at radius 2 is 2.00 bits per heavy atom. The van der Waals surface area contributed by atoms with Crippen molar-refractivity contribution in [2.45, 2.75) is 19.4 Å². The van der Waals surface area contributed by atoms with Gasteiger partial charge in [-0.1, -0.05) is 24.3 Å². The third-order valence-corrected chi connectivity index (χ3v) is 6.09. The van der Waals surface area contributed by atoms with Gasteiger partial charge >= 0.3 is 0 Å². The molecule has 3 aromatic rings. The molecule has 28 heavy (non-hydrogen) atoms. The number of hydrogen-bond acceptors (Lipinski definition) is 4. The second-order valence-corrected chi connectivity index (χ2v) is 8.27. The highest BCUT2D eigenvalue weighted by Gasteiger charge is 2.43. The van der Waals surface area contributed by atoms with Crippen molar-refractivity contribution in [3.05, 3.63) is 59.8 Å². The number of fused-ring (bicyclic) bond motifs is 1. The van der Waals surface area contributed by atoms with Crippen LogP contribution in [0, 0.1) is 5.41 Å². The van der Waals surface area contributed by atoms with Crippen LogP contribution in [0.5, 0.6) is 0 Å². The number of primary amides is 1. The summed E-state index contributed by atoms with van der Waals surface area (Å²) < 4.78 is 1.81. The van der Waals surface area contributed by atoms with Crippen LogP contribution in [0.1, 0.15) is 28.8 Å². The standard InChI is InChI=1S/C22H25N5O/c23-21(28)19-4-1-3-17-12-27(25-20(17)19)18-7-5-16(6-8-18)11-26-14-22(15-26)9-2-10-24-13-22/h1,3-8,12,24H,2,9-11,13-15H2,(H2,23,28). The Morgan fingerprint density at radius 3 is 2.71 bits per heavy atom. The summed E-state index contributed by atoms with van der Waals surface area (Å²) in [6.45, 7) is 5.73. The van der Waals surface area contributed by atoms with Crippen LogP contribution < -0.4 is 11.1 Å². The average Bonchev–Trinajstić information content (AvgIpc) is 3.12. The van der Waals surface area contributed by atoms with Gasteiger partial charge in [-0.2, -0.15) is 5.10 Å². The summed E-state index contributed by atoms with van der Waals surface area (Å²) in [5, 5.41) is 9.03. The second-order valence-electron chi connectivity index (χ2n) is 8.27. The molecule has 0 unspecified atom stereocenters. The SMILES string of the molecule is NC(=O)c1cccc2cn(-c3ccc(CN4CC5(CCCNC5)C4)cc3)nc12. The molecule has 3 heterocycles. The number of rotatable bonds is 4. The van der Waals surface area contributed by atoms with Crippen molar-refractivity contribution in [2.24, 2.45) is 11.1 Å². The number of likely N-dealkylation sites (tertiary alicyclic amines) is 1. The Balaban J connectivity index is 1.30. The van der Waals surface area contributed by atoms with Gasteiger partial charge in [-0.05, 0) is 43.1 Å². The number of hydrogen-bond donors (Lipinski definition) is 2. The van der Waals surface area contributed by atoms with Gasteiger partial charge < -0.3 is 11.1 Å². The maximum atomic E-state index is 11.6. The van der Waals surface area contributed by atoms with E-state index in [0.717, 1.165) is 17.6 Å². The van der Waals surface area contributed by atoms with E-state index in [-0.39, 0.29) is 0 Å². The molecule has 2 fully saturated rings. The van der Waals surface area contributed by atoms with Gasteiger partial charge in [0.1, 0.15) is 5.52 Å². The van der Waals surface area contributed by atoms with Crippen LogP contribution in [0.3, 0.4) is 0 Å². The van der Waals surface area contributed by atoms with Crippen LogP contribution in [0.15, 0.2) is 48.7 Å². The zero-order valence-electron chi connectivity index (χ0n) is 15.9. The molecule has 0 aliphatic carbocycles. The molecule has 2 aliphatic heterocycles. The Hall–Kier alpha value is -2.70. The van der Waals surface area contributed by atoms with Crippen molar-refractivity contribution in [2.75, 3.05) is 26.2 Å². The number of nitrogens with one attached hydrogen (secondary N) is 1. The third kappa shape index (κ3) is 3.08. The molecule has 6 nitrogen and oxygen atoms in total. The lowest BCUT2D eigenvalue weighted by Crippen LogP contribution is -2.61. The third-order valence-electron chi connectivity index (χ3n) is 6.09. The van der Waals surface area contributed by atoms with Gasteiger partial charge in [0.15, 0.2) is 0 Å². The molecule has 1 amide bonds. The van der Waals surface area contributed by atoms with E-state index in [1.165, 1.54) is 44.6 Å². The summed E-state index contributed by atoms with van der Waals surface area (Å²) in [6, 6.07) is 14.0. The highest BCUT2D eigenvalue weighted by atomic mass is 16.1. The first-order valence-electron chi connectivity index (χ1n) is 9.93. The number of nitrogens with zero attached hydrogens (tertiary/aromatic N) is 3. The topological polar surface area (TPSA) is 76.2 Å². The van der Waals surface area contributed by atoms with E-state index < -0.39 is 5.91 Å². The minimum absolute atomic E-state index is 0.452. The molecule has 5 rings (SSSR count).